The lowest BCUT2D eigenvalue weighted by molar-refractivity contribution is 0.0610. The fraction of sp³-hybridized carbons (Fsp3) is 0.360. The third-order valence-corrected chi connectivity index (χ3v) is 6.08. The minimum atomic E-state index is -0.175. The number of para-hydroxylation sites is 1. The first-order valence-electron chi connectivity index (χ1n) is 10.7. The predicted octanol–water partition coefficient (Wildman–Crippen LogP) is 4.52. The lowest BCUT2D eigenvalue weighted by Crippen LogP contribution is -2.42. The number of fused-ring (bicyclic) bond motifs is 1. The summed E-state index contributed by atoms with van der Waals surface area (Å²) in [6, 6.07) is 14.8. The summed E-state index contributed by atoms with van der Waals surface area (Å²) in [5.74, 6) is 1.17. The van der Waals surface area contributed by atoms with E-state index in [1.54, 1.807) is 26.4 Å². The third kappa shape index (κ3) is 4.43. The Labute approximate surface area is 181 Å². The predicted molar refractivity (Wildman–Crippen MR) is 121 cm³/mol. The van der Waals surface area contributed by atoms with Crippen molar-refractivity contribution in [2.24, 2.45) is 0 Å². The number of nitrogens with one attached hydrogen (secondary N) is 1. The van der Waals surface area contributed by atoms with Crippen molar-refractivity contribution >= 4 is 16.8 Å². The van der Waals surface area contributed by atoms with Gasteiger partial charge in [0.15, 0.2) is 0 Å². The number of nitrogens with zero attached hydrogens (tertiary/aromatic N) is 1. The lowest BCUT2D eigenvalue weighted by Gasteiger charge is -2.34. The summed E-state index contributed by atoms with van der Waals surface area (Å²) >= 11 is 0. The highest BCUT2D eigenvalue weighted by Crippen LogP contribution is 2.28. The van der Waals surface area contributed by atoms with Crippen LogP contribution in [0.4, 0.5) is 0 Å². The van der Waals surface area contributed by atoms with Gasteiger partial charge < -0.3 is 19.4 Å². The normalized spacial score (nSPS) is 14.4. The fourth-order valence-electron chi connectivity index (χ4n) is 4.39. The summed E-state index contributed by atoms with van der Waals surface area (Å²) < 4.78 is 10.8. The van der Waals surface area contributed by atoms with E-state index in [1.807, 2.05) is 41.3 Å². The van der Waals surface area contributed by atoms with Crippen molar-refractivity contribution < 1.29 is 14.3 Å². The van der Waals surface area contributed by atoms with Crippen LogP contribution >= 0.6 is 0 Å². The molecule has 1 aliphatic rings. The van der Waals surface area contributed by atoms with Gasteiger partial charge in [-0.3, -0.25) is 9.59 Å². The number of aromatic nitrogens is 1. The Kier molecular flexibility index (Phi) is 6.26. The van der Waals surface area contributed by atoms with Crippen molar-refractivity contribution in [3.63, 3.8) is 0 Å². The summed E-state index contributed by atoms with van der Waals surface area (Å²) in [5.41, 5.74) is 1.66. The van der Waals surface area contributed by atoms with E-state index in [-0.39, 0.29) is 24.1 Å². The van der Waals surface area contributed by atoms with Crippen LogP contribution < -0.4 is 15.0 Å². The van der Waals surface area contributed by atoms with E-state index < -0.39 is 0 Å². The molecule has 0 spiro atoms. The highest BCUT2D eigenvalue weighted by Gasteiger charge is 2.28. The van der Waals surface area contributed by atoms with Crippen LogP contribution in [0.3, 0.4) is 0 Å². The second kappa shape index (κ2) is 9.25. The number of hydrogen-bond acceptors (Lipinski definition) is 4. The molecule has 3 aromatic rings. The molecule has 1 heterocycles. The number of methoxy groups -OCH3 is 2. The molecule has 6 heteroatoms. The van der Waals surface area contributed by atoms with Gasteiger partial charge in [-0.15, -0.1) is 0 Å². The quantitative estimate of drug-likeness (QED) is 0.636. The Morgan fingerprint density at radius 3 is 2.55 bits per heavy atom. The van der Waals surface area contributed by atoms with E-state index in [9.17, 15) is 9.59 Å². The molecular weight excluding hydrogens is 392 g/mol. The van der Waals surface area contributed by atoms with Gasteiger partial charge in [0.2, 0.25) is 0 Å². The van der Waals surface area contributed by atoms with Crippen LogP contribution in [-0.2, 0) is 6.54 Å². The second-order valence-corrected chi connectivity index (χ2v) is 8.00. The fourth-order valence-corrected chi connectivity index (χ4v) is 4.39. The Balaban J connectivity index is 1.73. The first-order valence-corrected chi connectivity index (χ1v) is 10.7. The van der Waals surface area contributed by atoms with Gasteiger partial charge in [-0.2, -0.15) is 0 Å². The highest BCUT2D eigenvalue weighted by atomic mass is 16.5. The van der Waals surface area contributed by atoms with E-state index in [2.05, 4.69) is 4.98 Å². The molecule has 1 fully saturated rings. The molecule has 1 aliphatic carbocycles. The number of carbonyl (C=O) groups excluding carboxylic acids is 1. The van der Waals surface area contributed by atoms with Crippen molar-refractivity contribution in [3.8, 4) is 11.5 Å². The van der Waals surface area contributed by atoms with Gasteiger partial charge in [0.25, 0.3) is 11.5 Å². The van der Waals surface area contributed by atoms with Gasteiger partial charge in [-0.25, -0.2) is 0 Å². The third-order valence-electron chi connectivity index (χ3n) is 6.08. The molecule has 6 nitrogen and oxygen atoms in total. The van der Waals surface area contributed by atoms with Crippen LogP contribution in [0.25, 0.3) is 10.9 Å². The molecule has 2 aromatic carbocycles. The molecule has 4 rings (SSSR count). The molecule has 0 bridgehead atoms. The summed E-state index contributed by atoms with van der Waals surface area (Å²) in [6.45, 7) is 0.254. The first-order chi connectivity index (χ1) is 15.1. The average molecular weight is 421 g/mol. The minimum Gasteiger partial charge on any atom is -0.497 e. The van der Waals surface area contributed by atoms with Gasteiger partial charge in [0, 0.05) is 22.5 Å². The van der Waals surface area contributed by atoms with Gasteiger partial charge in [-0.1, -0.05) is 31.4 Å². The Morgan fingerprint density at radius 2 is 1.81 bits per heavy atom. The number of pyridine rings is 1. The molecule has 0 unspecified atom stereocenters. The maximum Gasteiger partial charge on any atom is 0.258 e. The monoisotopic (exact) mass is 420 g/mol. The standard InChI is InChI=1S/C25H28N2O4/c1-30-20-12-13-22-17(15-20)14-18(24(28)26-22)16-27(19-8-4-3-5-9-19)25(29)21-10-6-7-11-23(21)31-2/h6-7,10-15,19H,3-5,8-9,16H2,1-2H3,(H,26,28). The van der Waals surface area contributed by atoms with E-state index in [1.165, 1.54) is 6.42 Å². The molecule has 0 atom stereocenters. The van der Waals surface area contributed by atoms with Gasteiger partial charge in [-0.05, 0) is 49.2 Å². The summed E-state index contributed by atoms with van der Waals surface area (Å²) in [6.07, 6.45) is 5.25. The number of H-pyrrole nitrogens is 1. The molecule has 1 N–H and O–H groups in total. The van der Waals surface area contributed by atoms with Crippen LogP contribution in [0, 0.1) is 0 Å². The minimum absolute atomic E-state index is 0.102. The number of amides is 1. The largest absolute Gasteiger partial charge is 0.497 e. The summed E-state index contributed by atoms with van der Waals surface area (Å²) in [4.78, 5) is 31.3. The van der Waals surface area contributed by atoms with Gasteiger partial charge in [0.05, 0.1) is 26.3 Å². The molecule has 0 saturated heterocycles. The SMILES string of the molecule is COc1ccc2[nH]c(=O)c(CN(C(=O)c3ccccc3OC)C3CCCCC3)cc2c1. The van der Waals surface area contributed by atoms with E-state index in [0.29, 0.717) is 16.9 Å². The molecule has 162 valence electrons. The molecular formula is C25H28N2O4. The number of carbonyl (C=O) groups is 1. The van der Waals surface area contributed by atoms with E-state index in [0.717, 1.165) is 42.3 Å². The van der Waals surface area contributed by atoms with Crippen molar-refractivity contribution in [1.29, 1.82) is 0 Å². The number of rotatable bonds is 6. The number of benzene rings is 2. The second-order valence-electron chi connectivity index (χ2n) is 8.00. The number of aromatic amines is 1. The molecule has 1 amide bonds. The van der Waals surface area contributed by atoms with E-state index in [4.69, 9.17) is 9.47 Å². The van der Waals surface area contributed by atoms with Crippen LogP contribution in [0.15, 0.2) is 53.3 Å². The van der Waals surface area contributed by atoms with Crippen molar-refractivity contribution in [2.75, 3.05) is 14.2 Å². The number of hydrogen-bond donors (Lipinski definition) is 1. The van der Waals surface area contributed by atoms with Crippen LogP contribution in [0.5, 0.6) is 11.5 Å². The van der Waals surface area contributed by atoms with Gasteiger partial charge in [0.1, 0.15) is 11.5 Å². The molecule has 0 aliphatic heterocycles. The first kappa shape index (κ1) is 21.0. The average Bonchev–Trinajstić information content (AvgIpc) is 2.82. The Hall–Kier alpha value is -3.28. The van der Waals surface area contributed by atoms with Crippen LogP contribution in [0.1, 0.15) is 48.0 Å². The Morgan fingerprint density at radius 1 is 1.03 bits per heavy atom. The zero-order valence-corrected chi connectivity index (χ0v) is 18.0. The number of ether oxygens (including phenoxy) is 2. The zero-order chi connectivity index (χ0) is 21.8. The lowest BCUT2D eigenvalue weighted by atomic mass is 9.93. The highest BCUT2D eigenvalue weighted by molar-refractivity contribution is 5.97. The topological polar surface area (TPSA) is 71.6 Å². The van der Waals surface area contributed by atoms with Crippen LogP contribution in [-0.4, -0.2) is 36.1 Å². The van der Waals surface area contributed by atoms with Crippen molar-refractivity contribution in [3.05, 3.63) is 70.0 Å². The zero-order valence-electron chi connectivity index (χ0n) is 18.0. The smallest absolute Gasteiger partial charge is 0.258 e. The maximum atomic E-state index is 13.6. The van der Waals surface area contributed by atoms with Crippen LogP contribution in [0.2, 0.25) is 0 Å². The van der Waals surface area contributed by atoms with E-state index >= 15 is 0 Å². The van der Waals surface area contributed by atoms with Crippen molar-refractivity contribution in [2.45, 2.75) is 44.7 Å². The Bertz CT molecular complexity index is 1130. The summed E-state index contributed by atoms with van der Waals surface area (Å²) in [7, 11) is 3.18. The molecule has 31 heavy (non-hydrogen) atoms. The molecule has 0 radical (unpaired) electrons. The van der Waals surface area contributed by atoms with Gasteiger partial charge >= 0.3 is 0 Å². The summed E-state index contributed by atoms with van der Waals surface area (Å²) in [5, 5.41) is 0.877. The maximum absolute atomic E-state index is 13.6. The molecule has 1 aromatic heterocycles. The van der Waals surface area contributed by atoms with Crippen molar-refractivity contribution in [1.82, 2.24) is 9.88 Å². The molecule has 1 saturated carbocycles.